The molecule has 0 aromatic heterocycles. The molecule has 1 aromatic carbocycles. The topological polar surface area (TPSA) is 49.4 Å². The maximum atomic E-state index is 12.1. The number of anilines is 2. The Hall–Kier alpha value is -0.940. The molecule has 2 rings (SSSR count). The van der Waals surface area contributed by atoms with Crippen LogP contribution in [-0.2, 0) is 10.0 Å². The van der Waals surface area contributed by atoms with Gasteiger partial charge < -0.3 is 4.90 Å². The number of hydrogen-bond acceptors (Lipinski definition) is 3. The number of halogens is 1. The number of nitrogens with one attached hydrogen (secondary N) is 1. The summed E-state index contributed by atoms with van der Waals surface area (Å²) < 4.78 is 27.0. The zero-order valence-corrected chi connectivity index (χ0v) is 13.8. The van der Waals surface area contributed by atoms with E-state index in [1.807, 2.05) is 24.3 Å². The number of alkyl halides is 1. The Balaban J connectivity index is 2.09. The molecular formula is C15H23ClN2O2S. The van der Waals surface area contributed by atoms with Gasteiger partial charge in [-0.2, -0.15) is 0 Å². The highest BCUT2D eigenvalue weighted by atomic mass is 35.5. The number of para-hydroxylation sites is 2. The van der Waals surface area contributed by atoms with E-state index in [9.17, 15) is 8.42 Å². The van der Waals surface area contributed by atoms with Crippen molar-refractivity contribution in [2.75, 3.05) is 34.3 Å². The van der Waals surface area contributed by atoms with E-state index in [2.05, 4.69) is 9.62 Å². The lowest BCUT2D eigenvalue weighted by atomic mass is 10.1. The van der Waals surface area contributed by atoms with Crippen molar-refractivity contribution in [2.45, 2.75) is 32.1 Å². The number of hydrogen-bond donors (Lipinski definition) is 1. The molecule has 6 heteroatoms. The van der Waals surface area contributed by atoms with E-state index in [0.29, 0.717) is 18.0 Å². The third-order valence-corrected chi connectivity index (χ3v) is 5.29. The van der Waals surface area contributed by atoms with Crippen LogP contribution in [0.5, 0.6) is 0 Å². The molecule has 1 saturated heterocycles. The van der Waals surface area contributed by atoms with Gasteiger partial charge in [-0.15, -0.1) is 11.6 Å². The summed E-state index contributed by atoms with van der Waals surface area (Å²) in [7, 11) is -3.30. The van der Waals surface area contributed by atoms with E-state index < -0.39 is 10.0 Å². The summed E-state index contributed by atoms with van der Waals surface area (Å²) in [6, 6.07) is 7.64. The van der Waals surface area contributed by atoms with Gasteiger partial charge in [0, 0.05) is 19.0 Å². The molecule has 1 aliphatic heterocycles. The Bertz CT molecular complexity index is 542. The van der Waals surface area contributed by atoms with Gasteiger partial charge in [0.1, 0.15) is 0 Å². The van der Waals surface area contributed by atoms with Gasteiger partial charge in [0.05, 0.1) is 17.1 Å². The van der Waals surface area contributed by atoms with Crippen molar-refractivity contribution in [3.8, 4) is 0 Å². The predicted molar refractivity (Wildman–Crippen MR) is 89.9 cm³/mol. The van der Waals surface area contributed by atoms with Gasteiger partial charge >= 0.3 is 0 Å². The molecule has 118 valence electrons. The maximum absolute atomic E-state index is 12.1. The van der Waals surface area contributed by atoms with Crippen LogP contribution in [0.3, 0.4) is 0 Å². The van der Waals surface area contributed by atoms with Crippen molar-refractivity contribution >= 4 is 33.0 Å². The third kappa shape index (κ3) is 5.08. The van der Waals surface area contributed by atoms with Crippen LogP contribution in [-0.4, -0.2) is 33.1 Å². The summed E-state index contributed by atoms with van der Waals surface area (Å²) in [6.07, 6.45) is 4.89. The van der Waals surface area contributed by atoms with Crippen molar-refractivity contribution in [3.63, 3.8) is 0 Å². The summed E-state index contributed by atoms with van der Waals surface area (Å²) >= 11 is 5.60. The summed E-state index contributed by atoms with van der Waals surface area (Å²) in [6.45, 7) is 1.98. The number of nitrogens with zero attached hydrogens (tertiary/aromatic N) is 1. The molecule has 0 aliphatic carbocycles. The van der Waals surface area contributed by atoms with Crippen LogP contribution in [0.1, 0.15) is 32.1 Å². The number of rotatable bonds is 7. The molecule has 1 aromatic rings. The summed E-state index contributed by atoms with van der Waals surface area (Å²) in [5.41, 5.74) is 1.67. The standard InChI is InChI=1S/C15H23ClN2O2S/c16-10-4-7-13-21(19,20)17-14-8-2-3-9-15(14)18-11-5-1-6-12-18/h2-3,8-9,17H,1,4-7,10-13H2. The number of unbranched alkanes of at least 4 members (excludes halogenated alkanes) is 1. The minimum Gasteiger partial charge on any atom is -0.370 e. The minimum absolute atomic E-state index is 0.119. The SMILES string of the molecule is O=S(=O)(CCCCCl)Nc1ccccc1N1CCCCC1. The lowest BCUT2D eigenvalue weighted by Gasteiger charge is -2.30. The summed E-state index contributed by atoms with van der Waals surface area (Å²) in [5.74, 6) is 0.619. The Kier molecular flexibility index (Phi) is 6.18. The molecule has 0 radical (unpaired) electrons. The van der Waals surface area contributed by atoms with Crippen molar-refractivity contribution < 1.29 is 8.42 Å². The molecule has 1 N–H and O–H groups in total. The van der Waals surface area contributed by atoms with Crippen molar-refractivity contribution in [1.82, 2.24) is 0 Å². The highest BCUT2D eigenvalue weighted by Crippen LogP contribution is 2.29. The first-order valence-electron chi connectivity index (χ1n) is 7.53. The van der Waals surface area contributed by atoms with Gasteiger partial charge in [-0.25, -0.2) is 8.42 Å². The molecular weight excluding hydrogens is 308 g/mol. The zero-order chi connectivity index (χ0) is 15.1. The van der Waals surface area contributed by atoms with E-state index in [-0.39, 0.29) is 5.75 Å². The second kappa shape index (κ2) is 7.90. The number of benzene rings is 1. The molecule has 0 atom stereocenters. The lowest BCUT2D eigenvalue weighted by molar-refractivity contribution is 0.578. The van der Waals surface area contributed by atoms with Crippen LogP contribution < -0.4 is 9.62 Å². The second-order valence-electron chi connectivity index (χ2n) is 5.38. The van der Waals surface area contributed by atoms with Crippen LogP contribution >= 0.6 is 11.6 Å². The van der Waals surface area contributed by atoms with Gasteiger partial charge in [0.2, 0.25) is 10.0 Å². The van der Waals surface area contributed by atoms with E-state index in [1.165, 1.54) is 6.42 Å². The molecule has 4 nitrogen and oxygen atoms in total. The minimum atomic E-state index is -3.30. The normalized spacial score (nSPS) is 16.0. The molecule has 0 saturated carbocycles. The number of sulfonamides is 1. The highest BCUT2D eigenvalue weighted by Gasteiger charge is 2.17. The average Bonchev–Trinajstić information content (AvgIpc) is 2.48. The molecule has 0 bridgehead atoms. The second-order valence-corrected chi connectivity index (χ2v) is 7.60. The fraction of sp³-hybridized carbons (Fsp3) is 0.600. The first kappa shape index (κ1) is 16.4. The molecule has 1 fully saturated rings. The van der Waals surface area contributed by atoms with Crippen molar-refractivity contribution in [3.05, 3.63) is 24.3 Å². The first-order chi connectivity index (χ1) is 10.1. The summed E-state index contributed by atoms with van der Waals surface area (Å²) in [4.78, 5) is 2.26. The van der Waals surface area contributed by atoms with Crippen LogP contribution in [0.2, 0.25) is 0 Å². The fourth-order valence-electron chi connectivity index (χ4n) is 2.58. The third-order valence-electron chi connectivity index (χ3n) is 3.66. The van der Waals surface area contributed by atoms with E-state index in [1.54, 1.807) is 0 Å². The first-order valence-corrected chi connectivity index (χ1v) is 9.71. The van der Waals surface area contributed by atoms with Crippen LogP contribution in [0.25, 0.3) is 0 Å². The van der Waals surface area contributed by atoms with Crippen molar-refractivity contribution in [1.29, 1.82) is 0 Å². The largest absolute Gasteiger partial charge is 0.370 e. The zero-order valence-electron chi connectivity index (χ0n) is 12.2. The Labute approximate surface area is 132 Å². The molecule has 21 heavy (non-hydrogen) atoms. The lowest BCUT2D eigenvalue weighted by Crippen LogP contribution is -2.30. The quantitative estimate of drug-likeness (QED) is 0.615. The van der Waals surface area contributed by atoms with Gasteiger partial charge in [0.25, 0.3) is 0 Å². The van der Waals surface area contributed by atoms with Crippen LogP contribution in [0.15, 0.2) is 24.3 Å². The Morgan fingerprint density at radius 2 is 1.81 bits per heavy atom. The molecule has 0 spiro atoms. The van der Waals surface area contributed by atoms with Crippen molar-refractivity contribution in [2.24, 2.45) is 0 Å². The van der Waals surface area contributed by atoms with E-state index in [0.717, 1.165) is 38.0 Å². The van der Waals surface area contributed by atoms with E-state index in [4.69, 9.17) is 11.6 Å². The molecule has 0 amide bonds. The van der Waals surface area contributed by atoms with E-state index >= 15 is 0 Å². The number of piperidine rings is 1. The van der Waals surface area contributed by atoms with Gasteiger partial charge in [-0.3, -0.25) is 4.72 Å². The Morgan fingerprint density at radius 1 is 1.10 bits per heavy atom. The monoisotopic (exact) mass is 330 g/mol. The Morgan fingerprint density at radius 3 is 2.52 bits per heavy atom. The summed E-state index contributed by atoms with van der Waals surface area (Å²) in [5, 5.41) is 0. The van der Waals surface area contributed by atoms with Gasteiger partial charge in [0.15, 0.2) is 0 Å². The molecule has 1 aliphatic rings. The van der Waals surface area contributed by atoms with Crippen LogP contribution in [0, 0.1) is 0 Å². The highest BCUT2D eigenvalue weighted by molar-refractivity contribution is 7.92. The molecule has 1 heterocycles. The predicted octanol–water partition coefficient (Wildman–Crippen LogP) is 3.44. The average molecular weight is 331 g/mol. The van der Waals surface area contributed by atoms with Gasteiger partial charge in [-0.1, -0.05) is 12.1 Å². The maximum Gasteiger partial charge on any atom is 0.232 e. The molecule has 0 unspecified atom stereocenters. The van der Waals surface area contributed by atoms with Gasteiger partial charge in [-0.05, 0) is 44.2 Å². The smallest absolute Gasteiger partial charge is 0.232 e. The fourth-order valence-corrected chi connectivity index (χ4v) is 3.96. The van der Waals surface area contributed by atoms with Crippen LogP contribution in [0.4, 0.5) is 11.4 Å².